The average molecular weight is 440 g/mol. The van der Waals surface area contributed by atoms with Gasteiger partial charge in [-0.1, -0.05) is 6.42 Å². The molecule has 0 unspecified atom stereocenters. The van der Waals surface area contributed by atoms with E-state index in [2.05, 4.69) is 9.88 Å². The molecule has 162 valence electrons. The third-order valence-corrected chi connectivity index (χ3v) is 9.43. The van der Waals surface area contributed by atoms with Gasteiger partial charge in [0.2, 0.25) is 0 Å². The first-order valence-corrected chi connectivity index (χ1v) is 12.3. The minimum absolute atomic E-state index is 0.152. The van der Waals surface area contributed by atoms with Crippen molar-refractivity contribution in [1.82, 2.24) is 9.55 Å². The van der Waals surface area contributed by atoms with Crippen LogP contribution < -0.4 is 10.5 Å². The lowest BCUT2D eigenvalue weighted by molar-refractivity contribution is 0.0416. The number of aromatic amines is 1. The van der Waals surface area contributed by atoms with E-state index in [-0.39, 0.29) is 18.8 Å². The molecule has 0 radical (unpaired) electrons. The molecular weight excluding hydrogens is 414 g/mol. The molecule has 0 amide bonds. The molecule has 2 aromatic heterocycles. The maximum absolute atomic E-state index is 13.1. The maximum atomic E-state index is 13.1. The van der Waals surface area contributed by atoms with Gasteiger partial charge >= 0.3 is 0 Å². The first-order valence-electron chi connectivity index (χ1n) is 10.8. The minimum atomic E-state index is -3.46. The number of H-pyrrole nitrogens is 1. The van der Waals surface area contributed by atoms with E-state index in [1.54, 1.807) is 22.9 Å². The minimum Gasteiger partial charge on any atom is -0.379 e. The predicted molar refractivity (Wildman–Crippen MR) is 119 cm³/mol. The number of rotatable bonds is 4. The highest BCUT2D eigenvalue weighted by atomic mass is 32.2. The summed E-state index contributed by atoms with van der Waals surface area (Å²) in [5.74, 6) is 0. The van der Waals surface area contributed by atoms with Crippen LogP contribution >= 0.6 is 0 Å². The van der Waals surface area contributed by atoms with E-state index >= 15 is 0 Å². The van der Waals surface area contributed by atoms with Gasteiger partial charge < -0.3 is 19.2 Å². The first kappa shape index (κ1) is 19.1. The largest absolute Gasteiger partial charge is 0.379 e. The lowest BCUT2D eigenvalue weighted by atomic mass is 9.63. The average Bonchev–Trinajstić information content (AvgIpc) is 3.01. The second-order valence-corrected chi connectivity index (χ2v) is 11.5. The third-order valence-electron chi connectivity index (χ3n) is 7.37. The van der Waals surface area contributed by atoms with Gasteiger partial charge in [-0.15, -0.1) is 0 Å². The predicted octanol–water partition coefficient (Wildman–Crippen LogP) is 2.70. The number of aryl methyl sites for hydroxylation is 1. The molecule has 1 saturated carbocycles. The number of hydrogen-bond donors (Lipinski definition) is 1. The topological polar surface area (TPSA) is 84.4 Å². The number of hydrogen-bond acceptors (Lipinski definition) is 5. The van der Waals surface area contributed by atoms with Crippen molar-refractivity contribution >= 4 is 26.4 Å². The molecule has 3 aromatic rings. The van der Waals surface area contributed by atoms with Crippen molar-refractivity contribution in [3.05, 3.63) is 47.0 Å². The Morgan fingerprint density at radius 1 is 1.13 bits per heavy atom. The fourth-order valence-electron chi connectivity index (χ4n) is 5.23. The summed E-state index contributed by atoms with van der Waals surface area (Å²) in [5, 5.41) is 0.341. The zero-order valence-corrected chi connectivity index (χ0v) is 18.2. The van der Waals surface area contributed by atoms with Gasteiger partial charge in [0.15, 0.2) is 9.84 Å². The highest BCUT2D eigenvalue weighted by Crippen LogP contribution is 2.51. The van der Waals surface area contributed by atoms with Crippen molar-refractivity contribution in [3.63, 3.8) is 0 Å². The molecular formula is C23H25N3O4S. The quantitative estimate of drug-likeness (QED) is 0.676. The number of ether oxygens (including phenoxy) is 1. The third kappa shape index (κ3) is 2.74. The summed E-state index contributed by atoms with van der Waals surface area (Å²) in [7, 11) is -1.61. The Hall–Kier alpha value is -2.58. The van der Waals surface area contributed by atoms with Crippen molar-refractivity contribution < 1.29 is 13.2 Å². The zero-order valence-electron chi connectivity index (χ0n) is 17.4. The van der Waals surface area contributed by atoms with Gasteiger partial charge in [0.05, 0.1) is 18.1 Å². The fourth-order valence-corrected chi connectivity index (χ4v) is 6.71. The second-order valence-electron chi connectivity index (χ2n) is 9.31. The molecule has 1 spiro atoms. The first-order chi connectivity index (χ1) is 14.9. The van der Waals surface area contributed by atoms with E-state index in [0.717, 1.165) is 35.3 Å². The molecule has 1 aromatic carbocycles. The summed E-state index contributed by atoms with van der Waals surface area (Å²) in [4.78, 5) is 17.9. The van der Waals surface area contributed by atoms with E-state index in [9.17, 15) is 13.2 Å². The van der Waals surface area contributed by atoms with E-state index in [4.69, 9.17) is 4.74 Å². The van der Waals surface area contributed by atoms with Crippen molar-refractivity contribution in [3.8, 4) is 11.1 Å². The summed E-state index contributed by atoms with van der Waals surface area (Å²) in [6.45, 7) is 2.50. The molecule has 7 nitrogen and oxygen atoms in total. The van der Waals surface area contributed by atoms with Crippen LogP contribution in [-0.4, -0.2) is 49.5 Å². The Morgan fingerprint density at radius 3 is 2.55 bits per heavy atom. The van der Waals surface area contributed by atoms with Crippen LogP contribution in [0.5, 0.6) is 0 Å². The number of nitrogens with zero attached hydrogens (tertiary/aromatic N) is 2. The van der Waals surface area contributed by atoms with E-state index < -0.39 is 15.1 Å². The molecule has 2 aliphatic heterocycles. The van der Waals surface area contributed by atoms with Gasteiger partial charge in [-0.05, 0) is 37.1 Å². The van der Waals surface area contributed by atoms with Gasteiger partial charge in [-0.2, -0.15) is 0 Å². The highest BCUT2D eigenvalue weighted by Gasteiger charge is 2.47. The van der Waals surface area contributed by atoms with E-state index in [0.29, 0.717) is 15.8 Å². The maximum Gasteiger partial charge on any atom is 0.272 e. The Bertz CT molecular complexity index is 1360. The van der Waals surface area contributed by atoms with Crippen LogP contribution in [0.4, 0.5) is 5.69 Å². The standard InChI is InChI=1S/C23H25N3O4S/c1-25-8-5-17-19(10-24-22(27)21(17)25)18-9-15(31(28,29)16-11-30-12-16)3-4-20(18)26-13-23(14-26)6-2-7-23/h3-5,8-10,16H,2,6-7,11-14H2,1H3,(H,24,27). The van der Waals surface area contributed by atoms with Crippen molar-refractivity contribution in [1.29, 1.82) is 0 Å². The lowest BCUT2D eigenvalue weighted by Gasteiger charge is -2.57. The normalized spacial score (nSPS) is 20.5. The monoisotopic (exact) mass is 439 g/mol. The van der Waals surface area contributed by atoms with Crippen molar-refractivity contribution in [2.24, 2.45) is 12.5 Å². The fraction of sp³-hybridized carbons (Fsp3) is 0.435. The SMILES string of the molecule is Cn1ccc2c(-c3cc(S(=O)(=O)C4COC4)ccc3N3CC4(CCC4)C3)c[nH]c(=O)c21. The van der Waals surface area contributed by atoms with Gasteiger partial charge in [0.25, 0.3) is 5.56 Å². The number of benzene rings is 1. The van der Waals surface area contributed by atoms with Gasteiger partial charge in [0.1, 0.15) is 10.8 Å². The summed E-state index contributed by atoms with van der Waals surface area (Å²) in [6, 6.07) is 7.38. The molecule has 1 aliphatic carbocycles. The molecule has 0 bridgehead atoms. The lowest BCUT2D eigenvalue weighted by Crippen LogP contribution is -2.60. The Labute approximate surface area is 180 Å². The molecule has 31 heavy (non-hydrogen) atoms. The van der Waals surface area contributed by atoms with E-state index in [1.807, 2.05) is 25.4 Å². The molecule has 0 atom stereocenters. The van der Waals surface area contributed by atoms with Crippen LogP contribution in [-0.2, 0) is 21.6 Å². The van der Waals surface area contributed by atoms with Gasteiger partial charge in [0, 0.05) is 60.1 Å². The Balaban J connectivity index is 1.52. The van der Waals surface area contributed by atoms with Gasteiger partial charge in [-0.3, -0.25) is 4.79 Å². The number of anilines is 1. The summed E-state index contributed by atoms with van der Waals surface area (Å²) < 4.78 is 33.1. The Morgan fingerprint density at radius 2 is 1.90 bits per heavy atom. The van der Waals surface area contributed by atoms with Gasteiger partial charge in [-0.25, -0.2) is 8.42 Å². The number of sulfone groups is 1. The number of aromatic nitrogens is 2. The summed E-state index contributed by atoms with van der Waals surface area (Å²) >= 11 is 0. The highest BCUT2D eigenvalue weighted by molar-refractivity contribution is 7.92. The molecule has 1 N–H and O–H groups in total. The molecule has 4 heterocycles. The number of pyridine rings is 1. The molecule has 6 rings (SSSR count). The molecule has 3 aliphatic rings. The van der Waals surface area contributed by atoms with Crippen LogP contribution in [0.15, 0.2) is 46.3 Å². The van der Waals surface area contributed by atoms with Crippen LogP contribution in [0.2, 0.25) is 0 Å². The van der Waals surface area contributed by atoms with Crippen LogP contribution in [0, 0.1) is 5.41 Å². The van der Waals surface area contributed by atoms with Crippen molar-refractivity contribution in [2.45, 2.75) is 29.4 Å². The second kappa shape index (κ2) is 6.46. The van der Waals surface area contributed by atoms with E-state index in [1.165, 1.54) is 19.3 Å². The summed E-state index contributed by atoms with van der Waals surface area (Å²) in [6.07, 6.45) is 7.42. The molecule has 8 heteroatoms. The van der Waals surface area contributed by atoms with Crippen molar-refractivity contribution in [2.75, 3.05) is 31.2 Å². The summed E-state index contributed by atoms with van der Waals surface area (Å²) in [5.41, 5.74) is 3.60. The van der Waals surface area contributed by atoms with Crippen LogP contribution in [0.25, 0.3) is 22.0 Å². The zero-order chi connectivity index (χ0) is 21.4. The molecule has 2 saturated heterocycles. The number of nitrogens with one attached hydrogen (secondary N) is 1. The van der Waals surface area contributed by atoms with Crippen LogP contribution in [0.1, 0.15) is 19.3 Å². The molecule has 3 fully saturated rings. The Kier molecular flexibility index (Phi) is 3.99. The number of fused-ring (bicyclic) bond motifs is 1. The van der Waals surface area contributed by atoms with Crippen LogP contribution in [0.3, 0.4) is 0 Å². The smallest absolute Gasteiger partial charge is 0.272 e.